The molecule has 3 heteroatoms. The fraction of sp³-hybridized carbons (Fsp3) is 0.350. The SMILES string of the molecule is CCCCCCCc1ccc(C#Cc2cnc(F)c(F)c2)cc1. The van der Waals surface area contributed by atoms with Gasteiger partial charge in [-0.2, -0.15) is 4.39 Å². The summed E-state index contributed by atoms with van der Waals surface area (Å²) >= 11 is 0. The van der Waals surface area contributed by atoms with E-state index >= 15 is 0 Å². The molecule has 0 N–H and O–H groups in total. The van der Waals surface area contributed by atoms with Crippen molar-refractivity contribution in [1.82, 2.24) is 4.98 Å². The molecule has 2 aromatic rings. The number of hydrogen-bond donors (Lipinski definition) is 0. The van der Waals surface area contributed by atoms with Crippen molar-refractivity contribution in [3.8, 4) is 11.8 Å². The molecule has 1 nitrogen and oxygen atoms in total. The molecule has 0 bridgehead atoms. The third-order valence-electron chi connectivity index (χ3n) is 3.67. The predicted molar refractivity (Wildman–Crippen MR) is 89.0 cm³/mol. The van der Waals surface area contributed by atoms with Crippen molar-refractivity contribution in [2.24, 2.45) is 0 Å². The molecule has 0 saturated carbocycles. The van der Waals surface area contributed by atoms with Crippen LogP contribution >= 0.6 is 0 Å². The molecule has 23 heavy (non-hydrogen) atoms. The van der Waals surface area contributed by atoms with E-state index in [0.717, 1.165) is 18.1 Å². The Labute approximate surface area is 136 Å². The number of aromatic nitrogens is 1. The quantitative estimate of drug-likeness (QED) is 0.402. The minimum Gasteiger partial charge on any atom is -0.224 e. The lowest BCUT2D eigenvalue weighted by Gasteiger charge is -2.01. The van der Waals surface area contributed by atoms with Gasteiger partial charge in [-0.1, -0.05) is 56.6 Å². The summed E-state index contributed by atoms with van der Waals surface area (Å²) in [5.74, 6) is 3.66. The zero-order valence-corrected chi connectivity index (χ0v) is 13.4. The maximum Gasteiger partial charge on any atom is 0.248 e. The molecule has 1 heterocycles. The Bertz CT molecular complexity index is 681. The Morgan fingerprint density at radius 2 is 1.61 bits per heavy atom. The molecule has 0 unspecified atom stereocenters. The number of hydrogen-bond acceptors (Lipinski definition) is 1. The lowest BCUT2D eigenvalue weighted by atomic mass is 10.0. The minimum atomic E-state index is -1.10. The van der Waals surface area contributed by atoms with Crippen molar-refractivity contribution in [2.75, 3.05) is 0 Å². The Hall–Kier alpha value is -2.21. The van der Waals surface area contributed by atoms with Gasteiger partial charge in [-0.3, -0.25) is 0 Å². The molecule has 0 spiro atoms. The highest BCUT2D eigenvalue weighted by atomic mass is 19.2. The Morgan fingerprint density at radius 3 is 2.30 bits per heavy atom. The molecule has 2 rings (SSSR count). The van der Waals surface area contributed by atoms with Gasteiger partial charge < -0.3 is 0 Å². The minimum absolute atomic E-state index is 0.365. The number of aryl methyl sites for hydroxylation is 1. The summed E-state index contributed by atoms with van der Waals surface area (Å²) in [6.45, 7) is 2.22. The van der Waals surface area contributed by atoms with Gasteiger partial charge in [0.25, 0.3) is 0 Å². The maximum atomic E-state index is 13.0. The van der Waals surface area contributed by atoms with Gasteiger partial charge in [0.05, 0.1) is 0 Å². The first-order chi connectivity index (χ1) is 11.2. The predicted octanol–water partition coefficient (Wildman–Crippen LogP) is 5.27. The highest BCUT2D eigenvalue weighted by Crippen LogP contribution is 2.10. The summed E-state index contributed by atoms with van der Waals surface area (Å²) < 4.78 is 25.8. The van der Waals surface area contributed by atoms with E-state index < -0.39 is 11.8 Å². The fourth-order valence-corrected chi connectivity index (χ4v) is 2.32. The standard InChI is InChI=1S/C20H21F2N/c1-2-3-4-5-6-7-16-8-10-17(11-9-16)12-13-18-14-19(21)20(22)23-15-18/h8-11,14-15H,2-7H2,1H3. The van der Waals surface area contributed by atoms with Crippen molar-refractivity contribution in [3.63, 3.8) is 0 Å². The van der Waals surface area contributed by atoms with Crippen LogP contribution in [0.5, 0.6) is 0 Å². The average molecular weight is 313 g/mol. The molecule has 0 atom stereocenters. The summed E-state index contributed by atoms with van der Waals surface area (Å²) in [4.78, 5) is 3.32. The van der Waals surface area contributed by atoms with Crippen LogP contribution in [-0.4, -0.2) is 4.98 Å². The molecule has 0 aliphatic heterocycles. The van der Waals surface area contributed by atoms with Crippen LogP contribution in [0.1, 0.15) is 55.7 Å². The first kappa shape index (κ1) is 17.1. The molecule has 0 radical (unpaired) electrons. The van der Waals surface area contributed by atoms with Crippen LogP contribution < -0.4 is 0 Å². The summed E-state index contributed by atoms with van der Waals surface area (Å²) in [5, 5.41) is 0. The van der Waals surface area contributed by atoms with E-state index in [-0.39, 0.29) is 0 Å². The van der Waals surface area contributed by atoms with Crippen molar-refractivity contribution in [1.29, 1.82) is 0 Å². The topological polar surface area (TPSA) is 12.9 Å². The first-order valence-corrected chi connectivity index (χ1v) is 8.11. The summed E-state index contributed by atoms with van der Waals surface area (Å²) in [5.41, 5.74) is 2.52. The maximum absolute atomic E-state index is 13.0. The number of unbranched alkanes of at least 4 members (excludes halogenated alkanes) is 4. The highest BCUT2D eigenvalue weighted by molar-refractivity contribution is 5.42. The van der Waals surface area contributed by atoms with Gasteiger partial charge in [0.15, 0.2) is 5.82 Å². The molecule has 120 valence electrons. The first-order valence-electron chi connectivity index (χ1n) is 8.11. The zero-order chi connectivity index (χ0) is 16.5. The van der Waals surface area contributed by atoms with Crippen LogP contribution in [0.15, 0.2) is 36.5 Å². The Morgan fingerprint density at radius 1 is 0.913 bits per heavy atom. The number of rotatable bonds is 6. The molecule has 0 fully saturated rings. The lowest BCUT2D eigenvalue weighted by Crippen LogP contribution is -1.90. The van der Waals surface area contributed by atoms with E-state index in [4.69, 9.17) is 0 Å². The second-order valence-corrected chi connectivity index (χ2v) is 5.61. The largest absolute Gasteiger partial charge is 0.248 e. The molecule has 0 amide bonds. The van der Waals surface area contributed by atoms with E-state index in [1.807, 2.05) is 12.1 Å². The summed E-state index contributed by atoms with van der Waals surface area (Å²) in [6.07, 6.45) is 8.70. The van der Waals surface area contributed by atoms with Gasteiger partial charge in [0, 0.05) is 17.3 Å². The number of benzene rings is 1. The van der Waals surface area contributed by atoms with Crippen molar-refractivity contribution in [3.05, 3.63) is 65.0 Å². The van der Waals surface area contributed by atoms with E-state index in [1.165, 1.54) is 43.9 Å². The van der Waals surface area contributed by atoms with Gasteiger partial charge in [0.1, 0.15) is 0 Å². The molecule has 0 saturated heterocycles. The summed E-state index contributed by atoms with van der Waals surface area (Å²) in [6, 6.07) is 9.13. The smallest absolute Gasteiger partial charge is 0.224 e. The van der Waals surface area contributed by atoms with Crippen LogP contribution in [0.4, 0.5) is 8.78 Å². The van der Waals surface area contributed by atoms with Crippen LogP contribution in [0.2, 0.25) is 0 Å². The van der Waals surface area contributed by atoms with E-state index in [9.17, 15) is 8.78 Å². The molecule has 1 aromatic carbocycles. The van der Waals surface area contributed by atoms with Gasteiger partial charge in [0.2, 0.25) is 5.95 Å². The number of halogens is 2. The summed E-state index contributed by atoms with van der Waals surface area (Å²) in [7, 11) is 0. The average Bonchev–Trinajstić information content (AvgIpc) is 2.57. The zero-order valence-electron chi connectivity index (χ0n) is 13.4. The van der Waals surface area contributed by atoms with Crippen molar-refractivity contribution in [2.45, 2.75) is 45.4 Å². The normalized spacial score (nSPS) is 10.2. The molecule has 0 aliphatic rings. The fourth-order valence-electron chi connectivity index (χ4n) is 2.32. The van der Waals surface area contributed by atoms with Gasteiger partial charge in [-0.05, 0) is 36.6 Å². The van der Waals surface area contributed by atoms with Crippen LogP contribution in [0.25, 0.3) is 0 Å². The molecule has 1 aromatic heterocycles. The van der Waals surface area contributed by atoms with Crippen molar-refractivity contribution >= 4 is 0 Å². The lowest BCUT2D eigenvalue weighted by molar-refractivity contribution is 0.479. The highest BCUT2D eigenvalue weighted by Gasteiger charge is 2.01. The molecular weight excluding hydrogens is 292 g/mol. The van der Waals surface area contributed by atoms with Crippen LogP contribution in [0.3, 0.4) is 0 Å². The second kappa shape index (κ2) is 9.05. The van der Waals surface area contributed by atoms with E-state index in [2.05, 4.69) is 35.9 Å². The number of pyridine rings is 1. The second-order valence-electron chi connectivity index (χ2n) is 5.61. The van der Waals surface area contributed by atoms with Gasteiger partial charge in [-0.15, -0.1) is 0 Å². The molecular formula is C20H21F2N. The van der Waals surface area contributed by atoms with Gasteiger partial charge >= 0.3 is 0 Å². The van der Waals surface area contributed by atoms with E-state index in [1.54, 1.807) is 0 Å². The van der Waals surface area contributed by atoms with Crippen LogP contribution in [-0.2, 0) is 6.42 Å². The van der Waals surface area contributed by atoms with Crippen LogP contribution in [0, 0.1) is 23.6 Å². The third-order valence-corrected chi connectivity index (χ3v) is 3.67. The van der Waals surface area contributed by atoms with Gasteiger partial charge in [-0.25, -0.2) is 9.37 Å². The number of nitrogens with zero attached hydrogens (tertiary/aromatic N) is 1. The third kappa shape index (κ3) is 5.83. The monoisotopic (exact) mass is 313 g/mol. The molecule has 0 aliphatic carbocycles. The Balaban J connectivity index is 1.90. The van der Waals surface area contributed by atoms with E-state index in [0.29, 0.717) is 5.56 Å². The Kier molecular flexibility index (Phi) is 6.75. The van der Waals surface area contributed by atoms with Crippen molar-refractivity contribution < 1.29 is 8.78 Å².